The zero-order chi connectivity index (χ0) is 33.7. The maximum atomic E-state index is 13.6. The Morgan fingerprint density at radius 1 is 0.957 bits per heavy atom. The number of benzene rings is 3. The number of aryl methyl sites for hydroxylation is 1. The molecule has 1 aromatic heterocycles. The van der Waals surface area contributed by atoms with E-state index in [4.69, 9.17) is 5.11 Å². The molecule has 0 bridgehead atoms. The van der Waals surface area contributed by atoms with Crippen LogP contribution in [0.3, 0.4) is 0 Å². The summed E-state index contributed by atoms with van der Waals surface area (Å²) in [6.07, 6.45) is 1.72. The van der Waals surface area contributed by atoms with Crippen molar-refractivity contribution in [1.29, 1.82) is 0 Å². The minimum Gasteiger partial charge on any atom is -0.465 e. The first-order valence-corrected chi connectivity index (χ1v) is 16.8. The van der Waals surface area contributed by atoms with Crippen molar-refractivity contribution in [2.45, 2.75) is 50.0 Å². The summed E-state index contributed by atoms with van der Waals surface area (Å²) in [6.45, 7) is 2.19. The van der Waals surface area contributed by atoms with Crippen LogP contribution in [0.2, 0.25) is 0 Å². The van der Waals surface area contributed by atoms with Gasteiger partial charge in [0.1, 0.15) is 6.04 Å². The van der Waals surface area contributed by atoms with Crippen LogP contribution in [0.25, 0.3) is 22.0 Å². The summed E-state index contributed by atoms with van der Waals surface area (Å²) in [4.78, 5) is 50.0. The van der Waals surface area contributed by atoms with Crippen LogP contribution >= 0.6 is 0 Å². The first kappa shape index (κ1) is 33.4. The lowest BCUT2D eigenvalue weighted by Gasteiger charge is -2.29. The number of carbonyl (C=O) groups is 3. The monoisotopic (exact) mass is 662 g/mol. The van der Waals surface area contributed by atoms with E-state index < -0.39 is 28.1 Å². The van der Waals surface area contributed by atoms with Crippen molar-refractivity contribution in [3.63, 3.8) is 0 Å². The third-order valence-corrected chi connectivity index (χ3v) is 10.1. The van der Waals surface area contributed by atoms with E-state index in [1.165, 1.54) is 7.05 Å². The summed E-state index contributed by atoms with van der Waals surface area (Å²) in [6, 6.07) is 16.4. The second-order valence-electron chi connectivity index (χ2n) is 11.9. The molecule has 0 aliphatic heterocycles. The quantitative estimate of drug-likeness (QED) is 0.127. The zero-order valence-corrected chi connectivity index (χ0v) is 26.9. The lowest BCUT2D eigenvalue weighted by atomic mass is 9.81. The summed E-state index contributed by atoms with van der Waals surface area (Å²) >= 11 is 0. The maximum absolute atomic E-state index is 13.6. The minimum atomic E-state index is -3.57. The van der Waals surface area contributed by atoms with Crippen molar-refractivity contribution >= 4 is 44.5 Å². The van der Waals surface area contributed by atoms with Crippen molar-refractivity contribution < 1.29 is 27.9 Å². The molecular weight excluding hydrogens is 624 g/mol. The van der Waals surface area contributed by atoms with Crippen molar-refractivity contribution in [1.82, 2.24) is 25.6 Å². The standard InChI is InChI=1S/C33H38N6O7S/c1-19-15-25(47(45,46)34-2)12-14-26(19)22-7-3-20(4-8-22)16-29(32(42)36-24-11-13-27-28(17-24)38-39-31(27)41)37-30(40)23-9-5-21(6-10-23)18-35-33(43)44/h3-4,7-8,11-15,17,21,23,29,34-35H,5-6,9-10,16,18H2,1-2H3,(H,36,42)(H,37,40)(H,43,44)(H2,38,39,41)/t21?,23?,29-/m0/s1. The van der Waals surface area contributed by atoms with E-state index in [9.17, 15) is 27.6 Å². The van der Waals surface area contributed by atoms with Crippen molar-refractivity contribution in [3.05, 3.63) is 82.1 Å². The summed E-state index contributed by atoms with van der Waals surface area (Å²) in [7, 11) is -2.21. The minimum absolute atomic E-state index is 0.162. The molecule has 3 aromatic carbocycles. The van der Waals surface area contributed by atoms with Crippen LogP contribution in [0.15, 0.2) is 70.4 Å². The summed E-state index contributed by atoms with van der Waals surface area (Å²) in [5.41, 5.74) is 4.04. The fourth-order valence-corrected chi connectivity index (χ4v) is 6.82. The Bertz CT molecular complexity index is 1940. The number of H-pyrrole nitrogens is 2. The van der Waals surface area contributed by atoms with E-state index in [1.807, 2.05) is 31.2 Å². The maximum Gasteiger partial charge on any atom is 0.404 e. The Hall–Kier alpha value is -4.95. The molecule has 1 aliphatic rings. The van der Waals surface area contributed by atoms with Crippen LogP contribution in [0.1, 0.15) is 36.8 Å². The number of carbonyl (C=O) groups excluding carboxylic acids is 2. The molecular formula is C33H38N6O7S. The molecule has 248 valence electrons. The van der Waals surface area contributed by atoms with Crippen LogP contribution < -0.4 is 26.2 Å². The summed E-state index contributed by atoms with van der Waals surface area (Å²) in [5, 5.41) is 22.9. The highest BCUT2D eigenvalue weighted by Gasteiger charge is 2.30. The SMILES string of the molecule is CNS(=O)(=O)c1ccc(-c2ccc(C[C@H](NC(=O)C3CCC(CNC(=O)O)CC3)C(=O)Nc3ccc4c(=O)[nH][nH]c4c3)cc2)c(C)c1. The van der Waals surface area contributed by atoms with E-state index in [-0.39, 0.29) is 34.6 Å². The highest BCUT2D eigenvalue weighted by atomic mass is 32.2. The fraction of sp³-hybridized carbons (Fsp3) is 0.333. The molecule has 3 amide bonds. The lowest BCUT2D eigenvalue weighted by molar-refractivity contribution is -0.130. The number of amides is 3. The number of aromatic amines is 2. The second kappa shape index (κ2) is 14.2. The van der Waals surface area contributed by atoms with E-state index >= 15 is 0 Å². The fourth-order valence-electron chi connectivity index (χ4n) is 6.00. The number of carboxylic acid groups (broad SMARTS) is 1. The lowest BCUT2D eigenvalue weighted by Crippen LogP contribution is -2.48. The Labute approximate surface area is 271 Å². The van der Waals surface area contributed by atoms with Crippen LogP contribution in [0, 0.1) is 18.8 Å². The molecule has 7 N–H and O–H groups in total. The number of anilines is 1. The Morgan fingerprint density at radius 3 is 2.34 bits per heavy atom. The highest BCUT2D eigenvalue weighted by molar-refractivity contribution is 7.89. The van der Waals surface area contributed by atoms with Gasteiger partial charge in [-0.2, -0.15) is 0 Å². The van der Waals surface area contributed by atoms with Gasteiger partial charge in [-0.3, -0.25) is 24.6 Å². The van der Waals surface area contributed by atoms with Crippen LogP contribution in [0.4, 0.5) is 10.5 Å². The van der Waals surface area contributed by atoms with E-state index in [2.05, 4.69) is 30.9 Å². The molecule has 0 unspecified atom stereocenters. The molecule has 1 heterocycles. The van der Waals surface area contributed by atoms with Gasteiger partial charge in [-0.05, 0) is 98.2 Å². The first-order valence-electron chi connectivity index (χ1n) is 15.4. The third kappa shape index (κ3) is 8.07. The molecule has 0 saturated heterocycles. The third-order valence-electron chi connectivity index (χ3n) is 8.72. The van der Waals surface area contributed by atoms with Crippen LogP contribution in [-0.4, -0.2) is 61.3 Å². The molecule has 1 atom stereocenters. The van der Waals surface area contributed by atoms with E-state index in [0.29, 0.717) is 48.8 Å². The largest absolute Gasteiger partial charge is 0.465 e. The van der Waals surface area contributed by atoms with Gasteiger partial charge in [-0.15, -0.1) is 0 Å². The van der Waals surface area contributed by atoms with Crippen molar-refractivity contribution in [2.75, 3.05) is 18.9 Å². The number of aromatic nitrogens is 2. The molecule has 1 fully saturated rings. The second-order valence-corrected chi connectivity index (χ2v) is 13.8. The predicted molar refractivity (Wildman–Crippen MR) is 178 cm³/mol. The topological polar surface area (TPSA) is 202 Å². The summed E-state index contributed by atoms with van der Waals surface area (Å²) in [5.74, 6) is -0.789. The normalized spacial score (nSPS) is 17.1. The Balaban J connectivity index is 1.32. The van der Waals surface area contributed by atoms with E-state index in [0.717, 1.165) is 22.3 Å². The molecule has 4 aromatic rings. The smallest absolute Gasteiger partial charge is 0.404 e. The number of nitrogens with one attached hydrogen (secondary N) is 6. The number of hydrogen-bond donors (Lipinski definition) is 7. The predicted octanol–water partition coefficient (Wildman–Crippen LogP) is 3.48. The number of rotatable bonds is 11. The molecule has 13 nitrogen and oxygen atoms in total. The number of fused-ring (bicyclic) bond motifs is 1. The van der Waals surface area contributed by atoms with Crippen LogP contribution in [0.5, 0.6) is 0 Å². The number of hydrogen-bond acceptors (Lipinski definition) is 6. The van der Waals surface area contributed by atoms with Gasteiger partial charge in [0.25, 0.3) is 5.56 Å². The summed E-state index contributed by atoms with van der Waals surface area (Å²) < 4.78 is 26.7. The van der Waals surface area contributed by atoms with Gasteiger partial charge in [-0.25, -0.2) is 17.9 Å². The van der Waals surface area contributed by atoms with Crippen molar-refractivity contribution in [2.24, 2.45) is 11.8 Å². The molecule has 5 rings (SSSR count). The first-order chi connectivity index (χ1) is 22.4. The van der Waals surface area contributed by atoms with E-state index in [1.54, 1.807) is 36.4 Å². The van der Waals surface area contributed by atoms with Gasteiger partial charge < -0.3 is 21.1 Å². The zero-order valence-electron chi connectivity index (χ0n) is 26.1. The average molecular weight is 663 g/mol. The van der Waals surface area contributed by atoms with Crippen molar-refractivity contribution in [3.8, 4) is 11.1 Å². The Kier molecular flexibility index (Phi) is 10.1. The molecule has 0 radical (unpaired) electrons. The van der Waals surface area contributed by atoms with Gasteiger partial charge >= 0.3 is 6.09 Å². The van der Waals surface area contributed by atoms with Crippen LogP contribution in [-0.2, 0) is 26.0 Å². The molecule has 0 spiro atoms. The molecule has 47 heavy (non-hydrogen) atoms. The van der Waals surface area contributed by atoms with Gasteiger partial charge in [0.15, 0.2) is 0 Å². The molecule has 1 saturated carbocycles. The van der Waals surface area contributed by atoms with Gasteiger partial charge in [0, 0.05) is 24.6 Å². The van der Waals surface area contributed by atoms with Gasteiger partial charge in [0.05, 0.1) is 15.8 Å². The molecule has 1 aliphatic carbocycles. The van der Waals surface area contributed by atoms with Gasteiger partial charge in [-0.1, -0.05) is 30.3 Å². The number of sulfonamides is 1. The molecule has 14 heteroatoms. The Morgan fingerprint density at radius 2 is 1.68 bits per heavy atom. The average Bonchev–Trinajstić information content (AvgIpc) is 3.43. The highest BCUT2D eigenvalue weighted by Crippen LogP contribution is 2.29. The van der Waals surface area contributed by atoms with Gasteiger partial charge in [0.2, 0.25) is 21.8 Å².